The van der Waals surface area contributed by atoms with Gasteiger partial charge in [-0.2, -0.15) is 0 Å². The van der Waals surface area contributed by atoms with Crippen molar-refractivity contribution in [2.75, 3.05) is 11.7 Å². The van der Waals surface area contributed by atoms with E-state index in [4.69, 9.17) is 21.1 Å². The molecule has 1 amide bonds. The molecule has 0 radical (unpaired) electrons. The molecule has 0 N–H and O–H groups in total. The van der Waals surface area contributed by atoms with Gasteiger partial charge in [-0.05, 0) is 54.1 Å². The van der Waals surface area contributed by atoms with Crippen molar-refractivity contribution in [2.45, 2.75) is 0 Å². The molecule has 5 nitrogen and oxygen atoms in total. The molecule has 3 heterocycles. The topological polar surface area (TPSA) is 51.1 Å². The van der Waals surface area contributed by atoms with Crippen molar-refractivity contribution >= 4 is 56.5 Å². The third-order valence-electron chi connectivity index (χ3n) is 5.38. The molecule has 4 aromatic rings. The Kier molecular flexibility index (Phi) is 4.67. The smallest absolute Gasteiger partial charge is 0.282 e. The van der Waals surface area contributed by atoms with Crippen LogP contribution in [-0.2, 0) is 4.79 Å². The molecule has 0 saturated carbocycles. The van der Waals surface area contributed by atoms with Crippen LogP contribution in [0.15, 0.2) is 77.4 Å². The Balaban J connectivity index is 1.50. The van der Waals surface area contributed by atoms with Crippen LogP contribution in [0, 0.1) is 5.82 Å². The molecule has 2 aliphatic heterocycles. The van der Waals surface area contributed by atoms with Crippen molar-refractivity contribution in [1.29, 1.82) is 0 Å². The van der Waals surface area contributed by atoms with E-state index in [1.807, 2.05) is 30.3 Å². The largest absolute Gasteiger partial charge is 0.454 e. The Morgan fingerprint density at radius 2 is 1.82 bits per heavy atom. The van der Waals surface area contributed by atoms with Gasteiger partial charge in [0.1, 0.15) is 11.5 Å². The normalized spacial score (nSPS) is 16.2. The summed E-state index contributed by atoms with van der Waals surface area (Å²) in [4.78, 5) is 20.3. The zero-order valence-corrected chi connectivity index (χ0v) is 18.5. The van der Waals surface area contributed by atoms with Gasteiger partial charge >= 0.3 is 0 Å². The van der Waals surface area contributed by atoms with Gasteiger partial charge < -0.3 is 9.47 Å². The Hall–Kier alpha value is -3.68. The number of anilines is 1. The molecule has 6 rings (SSSR count). The summed E-state index contributed by atoms with van der Waals surface area (Å²) in [6.07, 6.45) is 1.69. The standard InChI is InChI=1S/C25H14ClFN2O3S/c26-22-17-3-1-2-4-21(17)33-23(22)24-28-18(11-14-5-10-19-20(12-14)32-13-31-19)25(30)29(24)16-8-6-15(27)7-9-16/h1-12H,13H2. The van der Waals surface area contributed by atoms with Gasteiger partial charge in [0.05, 0.1) is 15.6 Å². The highest BCUT2D eigenvalue weighted by Gasteiger charge is 2.35. The van der Waals surface area contributed by atoms with Crippen molar-refractivity contribution in [3.05, 3.63) is 93.7 Å². The highest BCUT2D eigenvalue weighted by atomic mass is 35.5. The summed E-state index contributed by atoms with van der Waals surface area (Å²) in [5.74, 6) is 0.957. The molecule has 8 heteroatoms. The molecule has 33 heavy (non-hydrogen) atoms. The summed E-state index contributed by atoms with van der Waals surface area (Å²) in [6.45, 7) is 0.166. The molecular formula is C25H14ClFN2O3S. The molecule has 0 aliphatic carbocycles. The lowest BCUT2D eigenvalue weighted by Crippen LogP contribution is -2.32. The van der Waals surface area contributed by atoms with E-state index in [-0.39, 0.29) is 24.2 Å². The second-order valence-corrected chi connectivity index (χ2v) is 8.87. The fourth-order valence-electron chi connectivity index (χ4n) is 3.82. The number of aliphatic imine (C=N–C) groups is 1. The van der Waals surface area contributed by atoms with E-state index >= 15 is 0 Å². The molecule has 0 bridgehead atoms. The van der Waals surface area contributed by atoms with E-state index in [0.717, 1.165) is 15.6 Å². The summed E-state index contributed by atoms with van der Waals surface area (Å²) in [7, 11) is 0. The Bertz CT molecular complexity index is 1490. The predicted octanol–water partition coefficient (Wildman–Crippen LogP) is 6.26. The first-order chi connectivity index (χ1) is 16.1. The van der Waals surface area contributed by atoms with Gasteiger partial charge in [-0.1, -0.05) is 35.9 Å². The molecule has 0 unspecified atom stereocenters. The molecule has 0 fully saturated rings. The van der Waals surface area contributed by atoms with E-state index in [9.17, 15) is 9.18 Å². The van der Waals surface area contributed by atoms with E-state index < -0.39 is 0 Å². The monoisotopic (exact) mass is 476 g/mol. The van der Waals surface area contributed by atoms with Gasteiger partial charge in [-0.3, -0.25) is 9.69 Å². The van der Waals surface area contributed by atoms with Crippen molar-refractivity contribution in [3.63, 3.8) is 0 Å². The maximum atomic E-state index is 13.6. The lowest BCUT2D eigenvalue weighted by Gasteiger charge is -2.17. The van der Waals surface area contributed by atoms with Crippen molar-refractivity contribution in [3.8, 4) is 11.5 Å². The molecule has 1 aromatic heterocycles. The second-order valence-electron chi connectivity index (χ2n) is 7.44. The number of amides is 1. The highest BCUT2D eigenvalue weighted by molar-refractivity contribution is 7.21. The molecular weight excluding hydrogens is 463 g/mol. The minimum atomic E-state index is -0.389. The maximum Gasteiger partial charge on any atom is 0.282 e. The zero-order chi connectivity index (χ0) is 22.5. The molecule has 3 aromatic carbocycles. The number of hydrogen-bond donors (Lipinski definition) is 0. The van der Waals surface area contributed by atoms with Gasteiger partial charge in [-0.15, -0.1) is 11.3 Å². The molecule has 162 valence electrons. The number of benzene rings is 3. The first-order valence-electron chi connectivity index (χ1n) is 10.1. The van der Waals surface area contributed by atoms with Gasteiger partial charge in [0, 0.05) is 10.1 Å². The van der Waals surface area contributed by atoms with Gasteiger partial charge in [0.25, 0.3) is 5.91 Å². The van der Waals surface area contributed by atoms with Crippen LogP contribution in [0.1, 0.15) is 10.4 Å². The summed E-state index contributed by atoms with van der Waals surface area (Å²) in [6, 6.07) is 18.9. The summed E-state index contributed by atoms with van der Waals surface area (Å²) < 4.78 is 25.4. The van der Waals surface area contributed by atoms with Gasteiger partial charge in [-0.25, -0.2) is 9.38 Å². The van der Waals surface area contributed by atoms with Crippen LogP contribution in [0.25, 0.3) is 16.2 Å². The van der Waals surface area contributed by atoms with Crippen molar-refractivity contribution < 1.29 is 18.7 Å². The molecule has 0 spiro atoms. The van der Waals surface area contributed by atoms with Crippen LogP contribution in [0.2, 0.25) is 5.02 Å². The third-order valence-corrected chi connectivity index (χ3v) is 7.05. The van der Waals surface area contributed by atoms with Gasteiger partial charge in [0.2, 0.25) is 6.79 Å². The molecule has 2 aliphatic rings. The number of ether oxygens (including phenoxy) is 2. The number of nitrogens with zero attached hydrogens (tertiary/aromatic N) is 2. The van der Waals surface area contributed by atoms with E-state index in [1.54, 1.807) is 30.3 Å². The predicted molar refractivity (Wildman–Crippen MR) is 128 cm³/mol. The first kappa shape index (κ1) is 20.0. The van der Waals surface area contributed by atoms with E-state index in [0.29, 0.717) is 32.9 Å². The van der Waals surface area contributed by atoms with E-state index in [2.05, 4.69) is 4.99 Å². The number of thiophene rings is 1. The van der Waals surface area contributed by atoms with Crippen LogP contribution < -0.4 is 14.4 Å². The Morgan fingerprint density at radius 1 is 1.03 bits per heavy atom. The number of amidine groups is 1. The van der Waals surface area contributed by atoms with Crippen molar-refractivity contribution in [1.82, 2.24) is 0 Å². The molecule has 0 saturated heterocycles. The fraction of sp³-hybridized carbons (Fsp3) is 0.0400. The number of fused-ring (bicyclic) bond motifs is 2. The zero-order valence-electron chi connectivity index (χ0n) is 16.9. The van der Waals surface area contributed by atoms with Crippen molar-refractivity contribution in [2.24, 2.45) is 4.99 Å². The average Bonchev–Trinajstić information content (AvgIpc) is 3.51. The minimum absolute atomic E-state index is 0.166. The van der Waals surface area contributed by atoms with E-state index in [1.165, 1.54) is 28.4 Å². The van der Waals surface area contributed by atoms with Crippen LogP contribution >= 0.6 is 22.9 Å². The number of halogens is 2. The van der Waals surface area contributed by atoms with Crippen LogP contribution in [0.4, 0.5) is 10.1 Å². The minimum Gasteiger partial charge on any atom is -0.454 e. The first-order valence-corrected chi connectivity index (χ1v) is 11.3. The van der Waals surface area contributed by atoms with Gasteiger partial charge in [0.15, 0.2) is 17.3 Å². The summed E-state index contributed by atoms with van der Waals surface area (Å²) in [5.41, 5.74) is 1.48. The Labute approximate surface area is 197 Å². The van der Waals surface area contributed by atoms with Crippen LogP contribution in [0.3, 0.4) is 0 Å². The summed E-state index contributed by atoms with van der Waals surface area (Å²) >= 11 is 8.17. The number of hydrogen-bond acceptors (Lipinski definition) is 5. The number of carbonyl (C=O) groups is 1. The Morgan fingerprint density at radius 3 is 2.64 bits per heavy atom. The van der Waals surface area contributed by atoms with Crippen LogP contribution in [0.5, 0.6) is 11.5 Å². The summed E-state index contributed by atoms with van der Waals surface area (Å²) in [5, 5.41) is 1.42. The SMILES string of the molecule is O=C1C(=Cc2ccc3c(c2)OCO3)N=C(c2sc3ccccc3c2Cl)N1c1ccc(F)cc1. The lowest BCUT2D eigenvalue weighted by molar-refractivity contribution is -0.113. The second kappa shape index (κ2) is 7.72. The fourth-order valence-corrected chi connectivity index (χ4v) is 5.31. The number of rotatable bonds is 3. The quantitative estimate of drug-likeness (QED) is 0.328. The lowest BCUT2D eigenvalue weighted by atomic mass is 10.1. The molecule has 0 atom stereocenters. The van der Waals surface area contributed by atoms with Crippen LogP contribution in [-0.4, -0.2) is 18.5 Å². The third kappa shape index (κ3) is 3.37. The number of carbonyl (C=O) groups excluding carboxylic acids is 1. The maximum absolute atomic E-state index is 13.6. The highest BCUT2D eigenvalue weighted by Crippen LogP contribution is 2.40. The average molecular weight is 477 g/mol.